The zero-order chi connectivity index (χ0) is 18.6. The Morgan fingerprint density at radius 3 is 2.76 bits per heavy atom. The number of hydrogen-bond donors (Lipinski definition) is 2. The molecule has 0 spiro atoms. The molecule has 1 aromatic rings. The minimum Gasteiger partial charge on any atom is -0.477 e. The van der Waals surface area contributed by atoms with Crippen molar-refractivity contribution in [1.29, 1.82) is 0 Å². The van der Waals surface area contributed by atoms with E-state index in [1.54, 1.807) is 30.5 Å². The van der Waals surface area contributed by atoms with E-state index < -0.39 is 18.1 Å². The number of aromatic nitrogens is 1. The lowest BCUT2D eigenvalue weighted by Gasteiger charge is -2.24. The molecular formula is C16H23N3O4S2. The van der Waals surface area contributed by atoms with Gasteiger partial charge in [0.25, 0.3) is 0 Å². The number of carboxylic acid groups (broad SMARTS) is 1. The molecule has 1 aliphatic rings. The molecule has 1 fully saturated rings. The Morgan fingerprint density at radius 2 is 2.16 bits per heavy atom. The van der Waals surface area contributed by atoms with Gasteiger partial charge < -0.3 is 15.3 Å². The molecule has 0 saturated carbocycles. The van der Waals surface area contributed by atoms with Gasteiger partial charge in [-0.25, -0.2) is 9.78 Å². The van der Waals surface area contributed by atoms with Crippen molar-refractivity contribution in [1.82, 2.24) is 15.2 Å². The van der Waals surface area contributed by atoms with Crippen LogP contribution in [0.2, 0.25) is 0 Å². The van der Waals surface area contributed by atoms with Crippen LogP contribution in [0.1, 0.15) is 59.5 Å². The molecule has 2 unspecified atom stereocenters. The van der Waals surface area contributed by atoms with E-state index >= 15 is 0 Å². The number of nitrogens with zero attached hydrogens (tertiary/aromatic N) is 2. The summed E-state index contributed by atoms with van der Waals surface area (Å²) in [6.45, 7) is 5.44. The van der Waals surface area contributed by atoms with Crippen LogP contribution in [0.25, 0.3) is 0 Å². The molecule has 1 saturated heterocycles. The van der Waals surface area contributed by atoms with Crippen LogP contribution >= 0.6 is 23.1 Å². The van der Waals surface area contributed by atoms with Crippen LogP contribution in [0, 0.1) is 6.92 Å². The number of aryl methyl sites for hydroxylation is 1. The molecular weight excluding hydrogens is 362 g/mol. The average molecular weight is 386 g/mol. The van der Waals surface area contributed by atoms with E-state index in [4.69, 9.17) is 5.11 Å². The summed E-state index contributed by atoms with van der Waals surface area (Å²) in [4.78, 5) is 42.0. The second-order valence-corrected chi connectivity index (χ2v) is 8.02. The van der Waals surface area contributed by atoms with E-state index in [1.807, 2.05) is 6.92 Å². The maximum Gasteiger partial charge on any atom is 0.347 e. The van der Waals surface area contributed by atoms with E-state index in [0.717, 1.165) is 24.2 Å². The number of thiazole rings is 1. The third-order valence-corrected chi connectivity index (χ3v) is 6.33. The minimum absolute atomic E-state index is 0.0120. The largest absolute Gasteiger partial charge is 0.477 e. The molecule has 2 amide bonds. The number of hydrogen-bond acceptors (Lipinski definition) is 6. The van der Waals surface area contributed by atoms with Gasteiger partial charge in [0.05, 0.1) is 17.6 Å². The van der Waals surface area contributed by atoms with E-state index in [2.05, 4.69) is 10.3 Å². The summed E-state index contributed by atoms with van der Waals surface area (Å²) < 4.78 is 0. The molecule has 1 aliphatic heterocycles. The Labute approximate surface area is 155 Å². The third-order valence-electron chi connectivity index (χ3n) is 3.99. The molecule has 2 N–H and O–H groups in total. The maximum absolute atomic E-state index is 12.6. The Morgan fingerprint density at radius 1 is 1.44 bits per heavy atom. The van der Waals surface area contributed by atoms with Gasteiger partial charge in [-0.2, -0.15) is 0 Å². The summed E-state index contributed by atoms with van der Waals surface area (Å²) >= 11 is 2.63. The summed E-state index contributed by atoms with van der Waals surface area (Å²) in [7, 11) is 0. The van der Waals surface area contributed by atoms with Crippen molar-refractivity contribution in [3.8, 4) is 0 Å². The predicted molar refractivity (Wildman–Crippen MR) is 97.9 cm³/mol. The van der Waals surface area contributed by atoms with E-state index in [9.17, 15) is 14.4 Å². The molecule has 138 valence electrons. The average Bonchev–Trinajstić information content (AvgIpc) is 3.19. The van der Waals surface area contributed by atoms with E-state index in [1.165, 1.54) is 0 Å². The number of rotatable bonds is 7. The topological polar surface area (TPSA) is 99.6 Å². The fourth-order valence-electron chi connectivity index (χ4n) is 2.55. The second-order valence-electron chi connectivity index (χ2n) is 5.98. The highest BCUT2D eigenvalue weighted by Crippen LogP contribution is 2.26. The van der Waals surface area contributed by atoms with Crippen molar-refractivity contribution in [3.63, 3.8) is 0 Å². The van der Waals surface area contributed by atoms with E-state index in [-0.39, 0.29) is 16.7 Å². The molecule has 2 heterocycles. The summed E-state index contributed by atoms with van der Waals surface area (Å²) in [5, 5.41) is 12.5. The Balaban J connectivity index is 2.01. The normalized spacial score (nSPS) is 18.2. The van der Waals surface area contributed by atoms with Crippen LogP contribution in [0.4, 0.5) is 0 Å². The highest BCUT2D eigenvalue weighted by Gasteiger charge is 2.35. The van der Waals surface area contributed by atoms with Crippen LogP contribution < -0.4 is 5.32 Å². The quantitative estimate of drug-likeness (QED) is 0.748. The number of amides is 2. The number of carbonyl (C=O) groups excluding carboxylic acids is 2. The number of thioether (sulfide) groups is 1. The molecule has 0 bridgehead atoms. The monoisotopic (exact) mass is 385 g/mol. The lowest BCUT2D eigenvalue weighted by atomic mass is 10.2. The first-order valence-electron chi connectivity index (χ1n) is 8.23. The second kappa shape index (κ2) is 8.66. The first-order chi connectivity index (χ1) is 11.8. The summed E-state index contributed by atoms with van der Waals surface area (Å²) in [5.41, 5.74) is 0.446. The van der Waals surface area contributed by atoms with Gasteiger partial charge in [0, 0.05) is 12.2 Å². The number of carbonyl (C=O) groups is 3. The Kier molecular flexibility index (Phi) is 6.83. The first-order valence-corrected chi connectivity index (χ1v) is 10.2. The number of aromatic carboxylic acids is 1. The highest BCUT2D eigenvalue weighted by molar-refractivity contribution is 7.99. The zero-order valence-electron chi connectivity index (χ0n) is 14.6. The third kappa shape index (κ3) is 4.72. The van der Waals surface area contributed by atoms with Gasteiger partial charge in [0.15, 0.2) is 0 Å². The Hall–Kier alpha value is -1.61. The van der Waals surface area contributed by atoms with E-state index in [0.29, 0.717) is 28.8 Å². The molecule has 0 radical (unpaired) electrons. The van der Waals surface area contributed by atoms with Gasteiger partial charge in [-0.1, -0.05) is 13.3 Å². The van der Waals surface area contributed by atoms with Gasteiger partial charge in [-0.05, 0) is 20.3 Å². The van der Waals surface area contributed by atoms with Gasteiger partial charge in [-0.15, -0.1) is 23.1 Å². The fraction of sp³-hybridized carbons (Fsp3) is 0.625. The molecule has 2 atom stereocenters. The van der Waals surface area contributed by atoms with Crippen LogP contribution in [-0.2, 0) is 9.59 Å². The zero-order valence-corrected chi connectivity index (χ0v) is 16.2. The van der Waals surface area contributed by atoms with Crippen molar-refractivity contribution in [2.24, 2.45) is 0 Å². The van der Waals surface area contributed by atoms with Crippen molar-refractivity contribution in [2.45, 2.75) is 52.1 Å². The van der Waals surface area contributed by atoms with Crippen LogP contribution in [0.3, 0.4) is 0 Å². The molecule has 9 heteroatoms. The maximum atomic E-state index is 12.6. The van der Waals surface area contributed by atoms with Crippen molar-refractivity contribution < 1.29 is 19.5 Å². The molecule has 0 aliphatic carbocycles. The summed E-state index contributed by atoms with van der Waals surface area (Å²) in [6.07, 6.45) is 2.22. The molecule has 7 nitrogen and oxygen atoms in total. The fourth-order valence-corrected chi connectivity index (χ4v) is 4.64. The number of carboxylic acids is 1. The summed E-state index contributed by atoms with van der Waals surface area (Å²) in [6, 6.07) is -0.876. The molecule has 1 aromatic heterocycles. The smallest absolute Gasteiger partial charge is 0.347 e. The van der Waals surface area contributed by atoms with Gasteiger partial charge in [0.2, 0.25) is 11.8 Å². The SMILES string of the molecule is CCCCC(=O)N1CSCC1C(=O)NC(C)c1nc(C)c(C(=O)O)s1. The lowest BCUT2D eigenvalue weighted by Crippen LogP contribution is -2.47. The Bertz CT molecular complexity index is 662. The van der Waals surface area contributed by atoms with Crippen LogP contribution in [0.5, 0.6) is 0 Å². The standard InChI is InChI=1S/C16H23N3O4S2/c1-4-5-6-12(20)19-8-24-7-11(19)14(21)17-10(3)15-18-9(2)13(25-15)16(22)23/h10-11H,4-8H2,1-3H3,(H,17,21)(H,22,23). The van der Waals surface area contributed by atoms with Gasteiger partial charge in [0.1, 0.15) is 15.9 Å². The van der Waals surface area contributed by atoms with Crippen LogP contribution in [-0.4, -0.2) is 50.4 Å². The van der Waals surface area contributed by atoms with Crippen molar-refractivity contribution >= 4 is 40.9 Å². The number of unbranched alkanes of at least 4 members (excludes halogenated alkanes) is 1. The first kappa shape index (κ1) is 19.7. The molecule has 0 aromatic carbocycles. The minimum atomic E-state index is -1.01. The molecule has 2 rings (SSSR count). The highest BCUT2D eigenvalue weighted by atomic mass is 32.2. The van der Waals surface area contributed by atoms with Crippen LogP contribution in [0.15, 0.2) is 0 Å². The van der Waals surface area contributed by atoms with Crippen molar-refractivity contribution in [3.05, 3.63) is 15.6 Å². The predicted octanol–water partition coefficient (Wildman–Crippen LogP) is 2.42. The van der Waals surface area contributed by atoms with Crippen molar-refractivity contribution in [2.75, 3.05) is 11.6 Å². The lowest BCUT2D eigenvalue weighted by molar-refractivity contribution is -0.138. The molecule has 25 heavy (non-hydrogen) atoms. The van der Waals surface area contributed by atoms with Gasteiger partial charge in [-0.3, -0.25) is 9.59 Å². The number of nitrogens with one attached hydrogen (secondary N) is 1. The summed E-state index contributed by atoms with van der Waals surface area (Å²) in [5.74, 6) is -0.105. The van der Waals surface area contributed by atoms with Gasteiger partial charge >= 0.3 is 5.97 Å².